The van der Waals surface area contributed by atoms with E-state index in [0.717, 1.165) is 0 Å². The molecule has 0 radical (unpaired) electrons. The van der Waals surface area contributed by atoms with E-state index in [2.05, 4.69) is 5.73 Å². The van der Waals surface area contributed by atoms with E-state index in [1.807, 2.05) is 0 Å². The van der Waals surface area contributed by atoms with Gasteiger partial charge in [-0.1, -0.05) is 6.07 Å². The summed E-state index contributed by atoms with van der Waals surface area (Å²) in [6.07, 6.45) is -4.91. The molecule has 0 heterocycles. The Labute approximate surface area is 92.6 Å². The van der Waals surface area contributed by atoms with Crippen molar-refractivity contribution in [2.75, 3.05) is 0 Å². The molecule has 8 heteroatoms. The fourth-order valence-corrected chi connectivity index (χ4v) is 0.957. The van der Waals surface area contributed by atoms with Crippen LogP contribution in [0.3, 0.4) is 0 Å². The fourth-order valence-electron chi connectivity index (χ4n) is 0.957. The molecule has 0 aliphatic rings. The molecule has 1 atom stereocenters. The molecule has 1 nitrogen and oxygen atoms in total. The van der Waals surface area contributed by atoms with E-state index < -0.39 is 35.2 Å². The van der Waals surface area contributed by atoms with Gasteiger partial charge in [-0.05, 0) is 6.07 Å². The van der Waals surface area contributed by atoms with Gasteiger partial charge in [0.2, 0.25) is 0 Å². The van der Waals surface area contributed by atoms with Crippen LogP contribution in [0.1, 0.15) is 11.6 Å². The van der Waals surface area contributed by atoms with Crippen LogP contribution in [0.2, 0.25) is 0 Å². The van der Waals surface area contributed by atoms with Crippen LogP contribution in [0.5, 0.6) is 0 Å². The first kappa shape index (κ1) is 15.0. The third-order valence-corrected chi connectivity index (χ3v) is 1.75. The summed E-state index contributed by atoms with van der Waals surface area (Å²) in [5.41, 5.74) is 3.51. The summed E-state index contributed by atoms with van der Waals surface area (Å²) in [4.78, 5) is 0. The largest absolute Gasteiger partial charge is 0.407 e. The lowest BCUT2D eigenvalue weighted by atomic mass is 10.1. The van der Waals surface area contributed by atoms with E-state index in [4.69, 9.17) is 0 Å². The Morgan fingerprint density at radius 1 is 1.00 bits per heavy atom. The van der Waals surface area contributed by atoms with Gasteiger partial charge in [0.15, 0.2) is 17.5 Å². The Morgan fingerprint density at radius 2 is 1.50 bits per heavy atom. The molecule has 0 bridgehead atoms. The van der Waals surface area contributed by atoms with E-state index >= 15 is 0 Å². The van der Waals surface area contributed by atoms with Gasteiger partial charge in [0.25, 0.3) is 0 Å². The summed E-state index contributed by atoms with van der Waals surface area (Å²) in [5.74, 6) is -5.45. The van der Waals surface area contributed by atoms with Gasteiger partial charge in [-0.15, -0.1) is 12.4 Å². The molecule has 0 aromatic heterocycles. The molecule has 16 heavy (non-hydrogen) atoms. The second kappa shape index (κ2) is 4.92. The lowest BCUT2D eigenvalue weighted by molar-refractivity contribution is -0.149. The monoisotopic (exact) mass is 265 g/mol. The number of benzene rings is 1. The van der Waals surface area contributed by atoms with E-state index in [1.54, 1.807) is 0 Å². The maximum Gasteiger partial charge on any atom is 0.407 e. The van der Waals surface area contributed by atoms with Gasteiger partial charge >= 0.3 is 6.18 Å². The molecule has 1 aromatic rings. The van der Waals surface area contributed by atoms with Crippen molar-refractivity contribution in [1.82, 2.24) is 0 Å². The van der Waals surface area contributed by atoms with Crippen LogP contribution < -0.4 is 5.73 Å². The van der Waals surface area contributed by atoms with E-state index in [1.165, 1.54) is 0 Å². The molecule has 0 unspecified atom stereocenters. The number of nitrogens with two attached hydrogens (primary N) is 1. The van der Waals surface area contributed by atoms with Crippen molar-refractivity contribution in [2.45, 2.75) is 12.2 Å². The molecule has 0 saturated carbocycles. The van der Waals surface area contributed by atoms with Gasteiger partial charge in [0.1, 0.15) is 6.04 Å². The van der Waals surface area contributed by atoms with Crippen LogP contribution in [-0.2, 0) is 0 Å². The Kier molecular flexibility index (Phi) is 4.63. The summed E-state index contributed by atoms with van der Waals surface area (Å²) >= 11 is 0. The Hall–Kier alpha value is -0.950. The summed E-state index contributed by atoms with van der Waals surface area (Å²) < 4.78 is 73.9. The predicted molar refractivity (Wildman–Crippen MR) is 46.5 cm³/mol. The fraction of sp³-hybridized carbons (Fsp3) is 0.250. The molecule has 0 saturated heterocycles. The van der Waals surface area contributed by atoms with Crippen LogP contribution in [0.15, 0.2) is 12.1 Å². The topological polar surface area (TPSA) is 26.0 Å². The van der Waals surface area contributed by atoms with Gasteiger partial charge in [0.05, 0.1) is 0 Å². The quantitative estimate of drug-likeness (QED) is 0.613. The first-order valence-corrected chi connectivity index (χ1v) is 3.71. The molecular weight excluding hydrogens is 260 g/mol. The summed E-state index contributed by atoms with van der Waals surface area (Å²) in [6.45, 7) is 0. The van der Waals surface area contributed by atoms with Crippen LogP contribution in [0, 0.1) is 17.5 Å². The zero-order valence-electron chi connectivity index (χ0n) is 7.49. The number of alkyl halides is 3. The van der Waals surface area contributed by atoms with Crippen LogP contribution in [0.4, 0.5) is 26.3 Å². The van der Waals surface area contributed by atoms with Gasteiger partial charge in [-0.3, -0.25) is 0 Å². The molecule has 92 valence electrons. The van der Waals surface area contributed by atoms with Crippen molar-refractivity contribution in [3.8, 4) is 0 Å². The number of halogens is 7. The SMILES string of the molecule is Cl.N[C@@H](c1ccc(F)c(F)c1F)C(F)(F)F. The first-order chi connectivity index (χ1) is 6.75. The molecular formula is C8H6ClF6N. The molecule has 1 aromatic carbocycles. The third kappa shape index (κ3) is 2.79. The summed E-state index contributed by atoms with van der Waals surface area (Å²) in [5, 5.41) is 0. The van der Waals surface area contributed by atoms with Crippen molar-refractivity contribution >= 4 is 12.4 Å². The molecule has 0 fully saturated rings. The number of hydrogen-bond acceptors (Lipinski definition) is 1. The van der Waals surface area contributed by atoms with Crippen molar-refractivity contribution in [1.29, 1.82) is 0 Å². The molecule has 0 aliphatic carbocycles. The smallest absolute Gasteiger partial charge is 0.316 e. The molecule has 2 N–H and O–H groups in total. The normalized spacial score (nSPS) is 13.2. The van der Waals surface area contributed by atoms with E-state index in [0.29, 0.717) is 12.1 Å². The Bertz CT molecular complexity index is 378. The molecule has 0 amide bonds. The maximum atomic E-state index is 12.8. The standard InChI is InChI=1S/C8H5F6N.ClH/c9-4-2-1-3(5(10)6(4)11)7(15)8(12,13)14;/h1-2,7H,15H2;1H/t7-;/m0./s1. The lowest BCUT2D eigenvalue weighted by Gasteiger charge is -2.16. The first-order valence-electron chi connectivity index (χ1n) is 3.71. The lowest BCUT2D eigenvalue weighted by Crippen LogP contribution is -2.29. The second-order valence-electron chi connectivity index (χ2n) is 2.78. The Balaban J connectivity index is 0.00000225. The average molecular weight is 266 g/mol. The highest BCUT2D eigenvalue weighted by molar-refractivity contribution is 5.85. The highest BCUT2D eigenvalue weighted by Gasteiger charge is 2.40. The second-order valence-corrected chi connectivity index (χ2v) is 2.78. The average Bonchev–Trinajstić information content (AvgIpc) is 2.12. The van der Waals surface area contributed by atoms with Crippen LogP contribution >= 0.6 is 12.4 Å². The molecule has 0 spiro atoms. The predicted octanol–water partition coefficient (Wildman–Crippen LogP) is 3.09. The zero-order chi connectivity index (χ0) is 11.8. The van der Waals surface area contributed by atoms with Crippen molar-refractivity contribution in [3.05, 3.63) is 35.1 Å². The highest BCUT2D eigenvalue weighted by Crippen LogP contribution is 2.32. The minimum atomic E-state index is -4.91. The minimum absolute atomic E-state index is 0. The zero-order valence-corrected chi connectivity index (χ0v) is 8.30. The van der Waals surface area contributed by atoms with Gasteiger partial charge in [0, 0.05) is 5.56 Å². The van der Waals surface area contributed by atoms with Gasteiger partial charge in [-0.25, -0.2) is 13.2 Å². The third-order valence-electron chi connectivity index (χ3n) is 1.75. The van der Waals surface area contributed by atoms with Gasteiger partial charge in [-0.2, -0.15) is 13.2 Å². The number of rotatable bonds is 1. The van der Waals surface area contributed by atoms with Crippen LogP contribution in [0.25, 0.3) is 0 Å². The van der Waals surface area contributed by atoms with E-state index in [9.17, 15) is 26.3 Å². The summed E-state index contributed by atoms with van der Waals surface area (Å²) in [7, 11) is 0. The maximum absolute atomic E-state index is 12.8. The van der Waals surface area contributed by atoms with Gasteiger partial charge < -0.3 is 5.73 Å². The minimum Gasteiger partial charge on any atom is -0.316 e. The molecule has 0 aliphatic heterocycles. The molecule has 1 rings (SSSR count). The Morgan fingerprint density at radius 3 is 1.94 bits per heavy atom. The van der Waals surface area contributed by atoms with Crippen LogP contribution in [-0.4, -0.2) is 6.18 Å². The van der Waals surface area contributed by atoms with E-state index in [-0.39, 0.29) is 12.4 Å². The van der Waals surface area contributed by atoms with Crippen molar-refractivity contribution < 1.29 is 26.3 Å². The number of hydrogen-bond donors (Lipinski definition) is 1. The summed E-state index contributed by atoms with van der Waals surface area (Å²) in [6, 6.07) is -1.82. The van der Waals surface area contributed by atoms with Crippen molar-refractivity contribution in [2.24, 2.45) is 5.73 Å². The highest BCUT2D eigenvalue weighted by atomic mass is 35.5. The van der Waals surface area contributed by atoms with Crippen molar-refractivity contribution in [3.63, 3.8) is 0 Å².